The van der Waals surface area contributed by atoms with Crippen molar-refractivity contribution in [3.05, 3.63) is 59.9 Å². The van der Waals surface area contributed by atoms with E-state index in [1.54, 1.807) is 24.3 Å². The number of aromatic hydroxyl groups is 1. The highest BCUT2D eigenvalue weighted by Gasteiger charge is 2.24. The van der Waals surface area contributed by atoms with Crippen LogP contribution in [0.1, 0.15) is 18.4 Å². The summed E-state index contributed by atoms with van der Waals surface area (Å²) in [5, 5.41) is 13.9. The zero-order valence-corrected chi connectivity index (χ0v) is 12.8. The van der Waals surface area contributed by atoms with Crippen LogP contribution in [0.4, 0.5) is 10.1 Å². The molecule has 0 amide bonds. The van der Waals surface area contributed by atoms with Gasteiger partial charge < -0.3 is 15.3 Å². The van der Waals surface area contributed by atoms with E-state index in [0.717, 1.165) is 24.1 Å². The molecule has 0 spiro atoms. The molecular weight excluding hydrogens is 299 g/mol. The standard InChI is InChI=1S/C17H17FN2OS/c18-13-5-9-15(10-6-13)20(17(22)19-14-7-8-14)11-12-3-1-2-4-16(12)21/h1-6,9-10,14,21H,7-8,11H2,(H,19,22). The number of benzene rings is 2. The van der Waals surface area contributed by atoms with Crippen LogP contribution in [0, 0.1) is 5.82 Å². The number of para-hydroxylation sites is 1. The van der Waals surface area contributed by atoms with Crippen LogP contribution in [-0.4, -0.2) is 16.3 Å². The molecule has 0 radical (unpaired) electrons. The summed E-state index contributed by atoms with van der Waals surface area (Å²) in [6.45, 7) is 0.427. The van der Waals surface area contributed by atoms with Gasteiger partial charge >= 0.3 is 0 Å². The second kappa shape index (κ2) is 6.32. The van der Waals surface area contributed by atoms with Gasteiger partial charge in [-0.1, -0.05) is 18.2 Å². The average Bonchev–Trinajstić information content (AvgIpc) is 3.31. The topological polar surface area (TPSA) is 35.5 Å². The average molecular weight is 316 g/mol. The van der Waals surface area contributed by atoms with Crippen molar-refractivity contribution in [3.63, 3.8) is 0 Å². The van der Waals surface area contributed by atoms with E-state index >= 15 is 0 Å². The third-order valence-electron chi connectivity index (χ3n) is 3.61. The minimum atomic E-state index is -0.285. The summed E-state index contributed by atoms with van der Waals surface area (Å²) in [6.07, 6.45) is 2.24. The molecule has 0 aliphatic heterocycles. The SMILES string of the molecule is Oc1ccccc1CN(C(=S)NC1CC1)c1ccc(F)cc1. The number of rotatable bonds is 4. The first-order chi connectivity index (χ1) is 10.6. The van der Waals surface area contributed by atoms with Gasteiger partial charge in [0.25, 0.3) is 0 Å². The third-order valence-corrected chi connectivity index (χ3v) is 3.95. The summed E-state index contributed by atoms with van der Waals surface area (Å²) in [5.74, 6) is -0.0591. The van der Waals surface area contributed by atoms with E-state index in [0.29, 0.717) is 17.7 Å². The zero-order chi connectivity index (χ0) is 15.5. The van der Waals surface area contributed by atoms with Crippen LogP contribution in [0.15, 0.2) is 48.5 Å². The highest BCUT2D eigenvalue weighted by Crippen LogP contribution is 2.25. The second-order valence-electron chi connectivity index (χ2n) is 5.42. The summed E-state index contributed by atoms with van der Waals surface area (Å²) < 4.78 is 13.2. The lowest BCUT2D eigenvalue weighted by molar-refractivity contribution is 0.468. The highest BCUT2D eigenvalue weighted by molar-refractivity contribution is 7.80. The van der Waals surface area contributed by atoms with E-state index in [-0.39, 0.29) is 11.6 Å². The minimum absolute atomic E-state index is 0.226. The number of phenolic OH excluding ortho intramolecular Hbond substituents is 1. The van der Waals surface area contributed by atoms with Crippen molar-refractivity contribution in [3.8, 4) is 5.75 Å². The lowest BCUT2D eigenvalue weighted by Gasteiger charge is -2.26. The molecule has 0 heterocycles. The lowest BCUT2D eigenvalue weighted by atomic mass is 10.2. The minimum Gasteiger partial charge on any atom is -0.508 e. The van der Waals surface area contributed by atoms with Crippen molar-refractivity contribution in [1.82, 2.24) is 5.32 Å². The van der Waals surface area contributed by atoms with Gasteiger partial charge in [0.15, 0.2) is 5.11 Å². The maximum absolute atomic E-state index is 13.2. The number of anilines is 1. The fourth-order valence-electron chi connectivity index (χ4n) is 2.20. The fraction of sp³-hybridized carbons (Fsp3) is 0.235. The predicted molar refractivity (Wildman–Crippen MR) is 89.4 cm³/mol. The van der Waals surface area contributed by atoms with Crippen LogP contribution in [0.5, 0.6) is 5.75 Å². The van der Waals surface area contributed by atoms with Crippen LogP contribution < -0.4 is 10.2 Å². The molecule has 1 aliphatic carbocycles. The Labute approximate surface area is 134 Å². The molecule has 0 aromatic heterocycles. The summed E-state index contributed by atoms with van der Waals surface area (Å²) in [7, 11) is 0. The van der Waals surface area contributed by atoms with Gasteiger partial charge in [-0.05, 0) is 55.4 Å². The largest absolute Gasteiger partial charge is 0.508 e. The van der Waals surface area contributed by atoms with Gasteiger partial charge in [-0.2, -0.15) is 0 Å². The summed E-state index contributed by atoms with van der Waals surface area (Å²) in [4.78, 5) is 1.88. The van der Waals surface area contributed by atoms with E-state index in [1.807, 2.05) is 17.0 Å². The smallest absolute Gasteiger partial charge is 0.173 e. The molecule has 114 valence electrons. The van der Waals surface area contributed by atoms with Gasteiger partial charge in [-0.3, -0.25) is 0 Å². The molecule has 2 aromatic rings. The third kappa shape index (κ3) is 3.54. The van der Waals surface area contributed by atoms with Gasteiger partial charge in [0.05, 0.1) is 6.54 Å². The molecule has 3 nitrogen and oxygen atoms in total. The predicted octanol–water partition coefficient (Wildman–Crippen LogP) is 3.57. The number of phenols is 1. The van der Waals surface area contributed by atoms with Crippen LogP contribution in [0.25, 0.3) is 0 Å². The quantitative estimate of drug-likeness (QED) is 0.845. The van der Waals surface area contributed by atoms with Crippen molar-refractivity contribution >= 4 is 23.0 Å². The molecular formula is C17H17FN2OS. The van der Waals surface area contributed by atoms with E-state index in [4.69, 9.17) is 12.2 Å². The Morgan fingerprint density at radius 3 is 2.50 bits per heavy atom. The number of nitrogens with one attached hydrogen (secondary N) is 1. The number of thiocarbonyl (C=S) groups is 1. The van der Waals surface area contributed by atoms with Crippen molar-refractivity contribution in [1.29, 1.82) is 0 Å². The number of nitrogens with zero attached hydrogens (tertiary/aromatic N) is 1. The number of hydrogen-bond acceptors (Lipinski definition) is 2. The number of halogens is 1. The van der Waals surface area contributed by atoms with Gasteiger partial charge in [0.2, 0.25) is 0 Å². The van der Waals surface area contributed by atoms with Crippen molar-refractivity contribution < 1.29 is 9.50 Å². The maximum atomic E-state index is 13.2. The molecule has 2 N–H and O–H groups in total. The van der Waals surface area contributed by atoms with Gasteiger partial charge in [0, 0.05) is 17.3 Å². The Kier molecular flexibility index (Phi) is 4.24. The highest BCUT2D eigenvalue weighted by atomic mass is 32.1. The first-order valence-electron chi connectivity index (χ1n) is 7.24. The molecule has 5 heteroatoms. The molecule has 0 saturated heterocycles. The summed E-state index contributed by atoms with van der Waals surface area (Å²) in [5.41, 5.74) is 1.56. The summed E-state index contributed by atoms with van der Waals surface area (Å²) in [6, 6.07) is 13.8. The second-order valence-corrected chi connectivity index (χ2v) is 5.80. The van der Waals surface area contributed by atoms with Gasteiger partial charge in [-0.25, -0.2) is 4.39 Å². The van der Waals surface area contributed by atoms with Gasteiger partial charge in [-0.15, -0.1) is 0 Å². The van der Waals surface area contributed by atoms with Crippen LogP contribution in [0.2, 0.25) is 0 Å². The molecule has 3 rings (SSSR count). The van der Waals surface area contributed by atoms with Crippen LogP contribution in [-0.2, 0) is 6.54 Å². The first-order valence-corrected chi connectivity index (χ1v) is 7.65. The van der Waals surface area contributed by atoms with Crippen molar-refractivity contribution in [2.45, 2.75) is 25.4 Å². The fourth-order valence-corrected chi connectivity index (χ4v) is 2.53. The van der Waals surface area contributed by atoms with Crippen molar-refractivity contribution in [2.75, 3.05) is 4.90 Å². The zero-order valence-electron chi connectivity index (χ0n) is 12.0. The monoisotopic (exact) mass is 316 g/mol. The van der Waals surface area contributed by atoms with Crippen LogP contribution >= 0.6 is 12.2 Å². The Morgan fingerprint density at radius 1 is 1.18 bits per heavy atom. The van der Waals surface area contributed by atoms with E-state index < -0.39 is 0 Å². The molecule has 1 saturated carbocycles. The lowest BCUT2D eigenvalue weighted by Crippen LogP contribution is -2.40. The van der Waals surface area contributed by atoms with E-state index in [2.05, 4.69) is 5.32 Å². The number of hydrogen-bond donors (Lipinski definition) is 2. The van der Waals surface area contributed by atoms with Crippen molar-refractivity contribution in [2.24, 2.45) is 0 Å². The van der Waals surface area contributed by atoms with E-state index in [9.17, 15) is 9.50 Å². The Balaban J connectivity index is 1.86. The Bertz CT molecular complexity index is 671. The molecule has 1 fully saturated rings. The molecule has 2 aromatic carbocycles. The first kappa shape index (κ1) is 14.8. The normalized spacial score (nSPS) is 13.7. The van der Waals surface area contributed by atoms with Crippen LogP contribution in [0.3, 0.4) is 0 Å². The molecule has 0 atom stereocenters. The molecule has 1 aliphatic rings. The molecule has 0 bridgehead atoms. The van der Waals surface area contributed by atoms with E-state index in [1.165, 1.54) is 12.1 Å². The van der Waals surface area contributed by atoms with Gasteiger partial charge in [0.1, 0.15) is 11.6 Å². The molecule has 22 heavy (non-hydrogen) atoms. The Hall–Kier alpha value is -2.14. The summed E-state index contributed by atoms with van der Waals surface area (Å²) >= 11 is 5.49. The Morgan fingerprint density at radius 2 is 1.86 bits per heavy atom. The molecule has 0 unspecified atom stereocenters. The maximum Gasteiger partial charge on any atom is 0.173 e.